The maximum Gasteiger partial charge on any atom is 0.384 e. The second-order valence-electron chi connectivity index (χ2n) is 4.82. The van der Waals surface area contributed by atoms with Crippen molar-refractivity contribution < 1.29 is 62.2 Å². The summed E-state index contributed by atoms with van der Waals surface area (Å²) in [4.78, 5) is 0. The van der Waals surface area contributed by atoms with Crippen molar-refractivity contribution in [1.29, 1.82) is 0 Å². The van der Waals surface area contributed by atoms with Gasteiger partial charge in [0.15, 0.2) is 0 Å². The van der Waals surface area contributed by atoms with Crippen LogP contribution in [-0.2, 0) is 9.47 Å². The zero-order valence-electron chi connectivity index (χ0n) is 11.1. The summed E-state index contributed by atoms with van der Waals surface area (Å²) in [6.07, 6.45) is -6.30. The number of epoxide rings is 1. The highest BCUT2D eigenvalue weighted by Crippen LogP contribution is 2.58. The van der Waals surface area contributed by atoms with E-state index in [1.54, 1.807) is 0 Å². The number of ether oxygens (including phenoxy) is 2. The molecule has 2 nitrogen and oxygen atoms in total. The molecule has 1 rings (SSSR count). The molecule has 0 radical (unpaired) electrons. The summed E-state index contributed by atoms with van der Waals surface area (Å²) < 4.78 is 161. The highest BCUT2D eigenvalue weighted by Gasteiger charge is 2.87. The van der Waals surface area contributed by atoms with Crippen molar-refractivity contribution in [3.05, 3.63) is 0 Å². The maximum atomic E-state index is 13.1. The molecule has 0 bridgehead atoms. The molecule has 0 saturated carbocycles. The standard InChI is InChI=1S/C10H8F12O2/c11-5(12)7(15,16)9(19,20)10(21,22)8(17,18)6(13,14)3-23-1-4-2-24-4/h4-5H,1-3H2. The van der Waals surface area contributed by atoms with Crippen LogP contribution in [-0.4, -0.2) is 62.0 Å². The van der Waals surface area contributed by atoms with Crippen molar-refractivity contribution in [3.63, 3.8) is 0 Å². The lowest BCUT2D eigenvalue weighted by Gasteiger charge is -2.39. The van der Waals surface area contributed by atoms with Gasteiger partial charge in [0.25, 0.3) is 0 Å². The Balaban J connectivity index is 3.06. The summed E-state index contributed by atoms with van der Waals surface area (Å²) >= 11 is 0. The molecule has 1 atom stereocenters. The molecule has 0 aromatic rings. The summed E-state index contributed by atoms with van der Waals surface area (Å²) in [6, 6.07) is 0. The Bertz CT molecular complexity index is 445. The van der Waals surface area contributed by atoms with Crippen LogP contribution in [0.3, 0.4) is 0 Å². The van der Waals surface area contributed by atoms with Gasteiger partial charge in [-0.3, -0.25) is 0 Å². The molecule has 24 heavy (non-hydrogen) atoms. The highest BCUT2D eigenvalue weighted by molar-refractivity contribution is 5.09. The molecule has 1 aliphatic heterocycles. The van der Waals surface area contributed by atoms with E-state index in [2.05, 4.69) is 9.47 Å². The lowest BCUT2D eigenvalue weighted by Crippen LogP contribution is -2.69. The van der Waals surface area contributed by atoms with Crippen molar-refractivity contribution in [2.45, 2.75) is 42.1 Å². The van der Waals surface area contributed by atoms with Crippen LogP contribution in [0.4, 0.5) is 52.7 Å². The average Bonchev–Trinajstić information content (AvgIpc) is 3.21. The van der Waals surface area contributed by atoms with Crippen LogP contribution in [0.25, 0.3) is 0 Å². The van der Waals surface area contributed by atoms with E-state index in [0.29, 0.717) is 0 Å². The van der Waals surface area contributed by atoms with E-state index < -0.39 is 55.4 Å². The third-order valence-corrected chi connectivity index (χ3v) is 2.93. The fourth-order valence-corrected chi connectivity index (χ4v) is 1.35. The smallest absolute Gasteiger partial charge is 0.372 e. The molecule has 1 unspecified atom stereocenters. The summed E-state index contributed by atoms with van der Waals surface area (Å²) in [5.74, 6) is -35.2. The Labute approximate surface area is 125 Å². The molecule has 1 heterocycles. The molecule has 0 N–H and O–H groups in total. The molecule has 0 aromatic carbocycles. The fraction of sp³-hybridized carbons (Fsp3) is 1.00. The minimum atomic E-state index is -7.51. The molecule has 0 amide bonds. The van der Waals surface area contributed by atoms with Crippen molar-refractivity contribution in [2.75, 3.05) is 19.8 Å². The molecule has 1 saturated heterocycles. The van der Waals surface area contributed by atoms with Crippen LogP contribution < -0.4 is 0 Å². The van der Waals surface area contributed by atoms with Gasteiger partial charge < -0.3 is 9.47 Å². The van der Waals surface area contributed by atoms with Crippen molar-refractivity contribution in [2.24, 2.45) is 0 Å². The largest absolute Gasteiger partial charge is 0.384 e. The second-order valence-corrected chi connectivity index (χ2v) is 4.82. The average molecular weight is 388 g/mol. The van der Waals surface area contributed by atoms with Gasteiger partial charge in [-0.25, -0.2) is 8.78 Å². The summed E-state index contributed by atoms with van der Waals surface area (Å²) in [5, 5.41) is 0. The first kappa shape index (κ1) is 21.1. The molecular weight excluding hydrogens is 380 g/mol. The summed E-state index contributed by atoms with van der Waals surface area (Å²) in [6.45, 7) is -3.34. The van der Waals surface area contributed by atoms with Crippen LogP contribution in [0.1, 0.15) is 0 Å². The Hall–Kier alpha value is -0.920. The van der Waals surface area contributed by atoms with E-state index in [1.165, 1.54) is 0 Å². The van der Waals surface area contributed by atoms with E-state index in [-0.39, 0.29) is 6.61 Å². The van der Waals surface area contributed by atoms with Crippen LogP contribution in [0.15, 0.2) is 0 Å². The first-order valence-corrected chi connectivity index (χ1v) is 5.89. The Morgan fingerprint density at radius 1 is 0.833 bits per heavy atom. The third-order valence-electron chi connectivity index (χ3n) is 2.93. The van der Waals surface area contributed by atoms with Gasteiger partial charge in [0.1, 0.15) is 12.7 Å². The van der Waals surface area contributed by atoms with Crippen molar-refractivity contribution in [3.8, 4) is 0 Å². The monoisotopic (exact) mass is 388 g/mol. The Morgan fingerprint density at radius 3 is 1.67 bits per heavy atom. The highest BCUT2D eigenvalue weighted by atomic mass is 19.4. The van der Waals surface area contributed by atoms with Crippen molar-refractivity contribution in [1.82, 2.24) is 0 Å². The predicted octanol–water partition coefficient (Wildman–Crippen LogP) is 3.84. The Kier molecular flexibility index (Phi) is 5.38. The molecule has 0 spiro atoms. The van der Waals surface area contributed by atoms with Gasteiger partial charge in [0, 0.05) is 0 Å². The van der Waals surface area contributed by atoms with Gasteiger partial charge in [0.2, 0.25) is 0 Å². The summed E-state index contributed by atoms with van der Waals surface area (Å²) in [7, 11) is 0. The third kappa shape index (κ3) is 3.26. The lowest BCUT2D eigenvalue weighted by atomic mass is 9.94. The second kappa shape index (κ2) is 6.11. The van der Waals surface area contributed by atoms with E-state index in [9.17, 15) is 52.7 Å². The normalized spacial score (nSPS) is 20.6. The first-order valence-electron chi connectivity index (χ1n) is 5.89. The first-order chi connectivity index (χ1) is 10.5. The molecule has 1 aliphatic rings. The molecule has 1 fully saturated rings. The zero-order valence-corrected chi connectivity index (χ0v) is 11.1. The minimum Gasteiger partial charge on any atom is -0.372 e. The van der Waals surface area contributed by atoms with Gasteiger partial charge in [-0.15, -0.1) is 0 Å². The number of hydrogen-bond donors (Lipinski definition) is 0. The van der Waals surface area contributed by atoms with E-state index in [0.717, 1.165) is 0 Å². The fourth-order valence-electron chi connectivity index (χ4n) is 1.35. The molecule has 144 valence electrons. The van der Waals surface area contributed by atoms with Crippen LogP contribution in [0, 0.1) is 0 Å². The van der Waals surface area contributed by atoms with Gasteiger partial charge >= 0.3 is 36.0 Å². The van der Waals surface area contributed by atoms with Gasteiger partial charge in [-0.05, 0) is 0 Å². The minimum absolute atomic E-state index is 0.0171. The van der Waals surface area contributed by atoms with Crippen molar-refractivity contribution >= 4 is 0 Å². The van der Waals surface area contributed by atoms with Gasteiger partial charge in [-0.1, -0.05) is 0 Å². The van der Waals surface area contributed by atoms with Crippen LogP contribution in [0.5, 0.6) is 0 Å². The van der Waals surface area contributed by atoms with E-state index in [4.69, 9.17) is 0 Å². The topological polar surface area (TPSA) is 21.8 Å². The molecular formula is C10H8F12O2. The van der Waals surface area contributed by atoms with Gasteiger partial charge in [-0.2, -0.15) is 43.9 Å². The predicted molar refractivity (Wildman–Crippen MR) is 51.3 cm³/mol. The molecule has 0 aromatic heterocycles. The number of rotatable bonds is 9. The number of hydrogen-bond acceptors (Lipinski definition) is 2. The quantitative estimate of drug-likeness (QED) is 0.442. The van der Waals surface area contributed by atoms with Gasteiger partial charge in [0.05, 0.1) is 13.2 Å². The lowest BCUT2D eigenvalue weighted by molar-refractivity contribution is -0.415. The van der Waals surface area contributed by atoms with E-state index >= 15 is 0 Å². The number of halogens is 12. The van der Waals surface area contributed by atoms with Crippen LogP contribution >= 0.6 is 0 Å². The summed E-state index contributed by atoms with van der Waals surface area (Å²) in [5.41, 5.74) is 0. The molecule has 14 heteroatoms. The zero-order chi connectivity index (χ0) is 19.2. The maximum absolute atomic E-state index is 13.1. The van der Waals surface area contributed by atoms with E-state index in [1.807, 2.05) is 0 Å². The SMILES string of the molecule is FC(F)C(F)(F)C(F)(F)C(F)(F)C(F)(F)C(F)(F)COCC1CO1. The molecule has 0 aliphatic carbocycles. The number of alkyl halides is 12. The van der Waals surface area contributed by atoms with Crippen LogP contribution in [0.2, 0.25) is 0 Å². The Morgan fingerprint density at radius 2 is 1.29 bits per heavy atom.